The van der Waals surface area contributed by atoms with Gasteiger partial charge in [0.15, 0.2) is 5.12 Å². The van der Waals surface area contributed by atoms with E-state index in [4.69, 9.17) is 0 Å². The molecular formula is C12H15NOS3. The third-order valence-electron chi connectivity index (χ3n) is 2.54. The predicted molar refractivity (Wildman–Crippen MR) is 77.7 cm³/mol. The van der Waals surface area contributed by atoms with Crippen molar-refractivity contribution in [2.75, 3.05) is 11.5 Å². The van der Waals surface area contributed by atoms with Gasteiger partial charge in [0.2, 0.25) is 0 Å². The minimum absolute atomic E-state index is 0.220. The normalized spacial score (nSPS) is 18.2. The van der Waals surface area contributed by atoms with E-state index in [2.05, 4.69) is 11.9 Å². The Morgan fingerprint density at radius 1 is 1.47 bits per heavy atom. The summed E-state index contributed by atoms with van der Waals surface area (Å²) >= 11 is 5.21. The van der Waals surface area contributed by atoms with Crippen LogP contribution in [-0.4, -0.2) is 25.7 Å². The number of rotatable bonds is 4. The molecule has 1 aromatic rings. The Morgan fingerprint density at radius 3 is 2.88 bits per heavy atom. The highest BCUT2D eigenvalue weighted by atomic mass is 32.2. The summed E-state index contributed by atoms with van der Waals surface area (Å²) in [5.41, 5.74) is 0. The summed E-state index contributed by atoms with van der Waals surface area (Å²) in [6.45, 7) is 2.24. The van der Waals surface area contributed by atoms with E-state index < -0.39 is 0 Å². The van der Waals surface area contributed by atoms with Crippen LogP contribution in [0.3, 0.4) is 0 Å². The van der Waals surface area contributed by atoms with Crippen LogP contribution in [0.25, 0.3) is 0 Å². The smallest absolute Gasteiger partial charge is 0.195 e. The van der Waals surface area contributed by atoms with E-state index in [9.17, 15) is 4.79 Å². The third kappa shape index (κ3) is 4.23. The SMILES string of the molecule is CC1(CCC(=O)Sc2ccccn2)SCCS1. The van der Waals surface area contributed by atoms with Crippen molar-refractivity contribution >= 4 is 40.4 Å². The van der Waals surface area contributed by atoms with E-state index in [1.807, 2.05) is 41.7 Å². The maximum absolute atomic E-state index is 11.8. The number of hydrogen-bond acceptors (Lipinski definition) is 5. The average Bonchev–Trinajstić information content (AvgIpc) is 2.76. The second-order valence-corrected chi connectivity index (χ2v) is 8.50. The quantitative estimate of drug-likeness (QED) is 0.787. The molecule has 0 N–H and O–H groups in total. The highest BCUT2D eigenvalue weighted by Gasteiger charge is 2.30. The van der Waals surface area contributed by atoms with Gasteiger partial charge in [0.1, 0.15) is 5.03 Å². The van der Waals surface area contributed by atoms with Gasteiger partial charge in [-0.25, -0.2) is 4.98 Å². The molecule has 1 saturated heterocycles. The van der Waals surface area contributed by atoms with Gasteiger partial charge in [-0.1, -0.05) is 6.07 Å². The van der Waals surface area contributed by atoms with Gasteiger partial charge < -0.3 is 0 Å². The van der Waals surface area contributed by atoms with Crippen molar-refractivity contribution in [3.05, 3.63) is 24.4 Å². The number of thioether (sulfide) groups is 3. The van der Waals surface area contributed by atoms with Gasteiger partial charge in [-0.05, 0) is 37.2 Å². The highest BCUT2D eigenvalue weighted by Crippen LogP contribution is 2.46. The van der Waals surface area contributed by atoms with Crippen LogP contribution in [0, 0.1) is 0 Å². The fourth-order valence-corrected chi connectivity index (χ4v) is 5.16. The van der Waals surface area contributed by atoms with Crippen LogP contribution in [-0.2, 0) is 4.79 Å². The van der Waals surface area contributed by atoms with Crippen molar-refractivity contribution in [3.63, 3.8) is 0 Å². The minimum atomic E-state index is 0.220. The second kappa shape index (κ2) is 6.16. The molecule has 2 nitrogen and oxygen atoms in total. The van der Waals surface area contributed by atoms with Crippen LogP contribution < -0.4 is 0 Å². The van der Waals surface area contributed by atoms with E-state index in [1.165, 1.54) is 23.3 Å². The zero-order valence-electron chi connectivity index (χ0n) is 9.72. The molecule has 0 saturated carbocycles. The Kier molecular flexibility index (Phi) is 4.82. The maximum atomic E-state index is 11.8. The first-order chi connectivity index (χ1) is 8.18. The first-order valence-electron chi connectivity index (χ1n) is 5.58. The minimum Gasteiger partial charge on any atom is -0.287 e. The lowest BCUT2D eigenvalue weighted by Gasteiger charge is -2.20. The largest absolute Gasteiger partial charge is 0.287 e. The van der Waals surface area contributed by atoms with Crippen LogP contribution >= 0.6 is 35.3 Å². The Balaban J connectivity index is 1.78. The van der Waals surface area contributed by atoms with E-state index in [0.29, 0.717) is 6.42 Å². The molecule has 17 heavy (non-hydrogen) atoms. The van der Waals surface area contributed by atoms with Crippen molar-refractivity contribution in [2.24, 2.45) is 0 Å². The standard InChI is InChI=1S/C12H15NOS3/c1-12(15-8-9-16-12)6-5-11(14)17-10-4-2-3-7-13-10/h2-4,7H,5-6,8-9H2,1H3. The van der Waals surface area contributed by atoms with Gasteiger partial charge in [-0.2, -0.15) is 0 Å². The molecule has 5 heteroatoms. The number of carbonyl (C=O) groups is 1. The fourth-order valence-electron chi connectivity index (χ4n) is 1.61. The van der Waals surface area contributed by atoms with Gasteiger partial charge in [0, 0.05) is 24.1 Å². The van der Waals surface area contributed by atoms with E-state index >= 15 is 0 Å². The molecule has 0 radical (unpaired) electrons. The summed E-state index contributed by atoms with van der Waals surface area (Å²) in [6, 6.07) is 5.65. The molecule has 2 heterocycles. The van der Waals surface area contributed by atoms with Gasteiger partial charge >= 0.3 is 0 Å². The van der Waals surface area contributed by atoms with Gasteiger partial charge in [0.25, 0.3) is 0 Å². The zero-order chi connectivity index (χ0) is 12.1. The Hall–Kier alpha value is -0.130. The maximum Gasteiger partial charge on any atom is 0.195 e. The summed E-state index contributed by atoms with van der Waals surface area (Å²) in [4.78, 5) is 16.0. The molecule has 0 spiro atoms. The third-order valence-corrected chi connectivity index (χ3v) is 6.83. The monoisotopic (exact) mass is 285 g/mol. The number of nitrogens with zero attached hydrogens (tertiary/aromatic N) is 1. The molecule has 2 rings (SSSR count). The number of carbonyl (C=O) groups excluding carboxylic acids is 1. The van der Waals surface area contributed by atoms with Gasteiger partial charge in [-0.15, -0.1) is 23.5 Å². The van der Waals surface area contributed by atoms with E-state index in [0.717, 1.165) is 11.4 Å². The second-order valence-electron chi connectivity index (χ2n) is 3.97. The first-order valence-corrected chi connectivity index (χ1v) is 8.36. The summed E-state index contributed by atoms with van der Waals surface area (Å²) in [7, 11) is 0. The van der Waals surface area contributed by atoms with Crippen molar-refractivity contribution < 1.29 is 4.79 Å². The lowest BCUT2D eigenvalue weighted by atomic mass is 10.2. The lowest BCUT2D eigenvalue weighted by Crippen LogP contribution is -2.12. The Morgan fingerprint density at radius 2 is 2.24 bits per heavy atom. The lowest BCUT2D eigenvalue weighted by molar-refractivity contribution is -0.111. The molecular weight excluding hydrogens is 270 g/mol. The molecule has 0 aromatic carbocycles. The van der Waals surface area contributed by atoms with Gasteiger partial charge in [-0.3, -0.25) is 4.79 Å². The van der Waals surface area contributed by atoms with Crippen LogP contribution in [0.5, 0.6) is 0 Å². The summed E-state index contributed by atoms with van der Waals surface area (Å²) in [6.07, 6.45) is 3.32. The van der Waals surface area contributed by atoms with Crippen molar-refractivity contribution in [1.82, 2.24) is 4.98 Å². The van der Waals surface area contributed by atoms with Crippen molar-refractivity contribution in [2.45, 2.75) is 28.9 Å². The summed E-state index contributed by atoms with van der Waals surface area (Å²) in [5, 5.41) is 1.02. The summed E-state index contributed by atoms with van der Waals surface area (Å²) < 4.78 is 0.250. The fraction of sp³-hybridized carbons (Fsp3) is 0.500. The predicted octanol–water partition coefficient (Wildman–Crippen LogP) is 3.68. The molecule has 1 aliphatic rings. The molecule has 0 atom stereocenters. The zero-order valence-corrected chi connectivity index (χ0v) is 12.2. The van der Waals surface area contributed by atoms with Crippen LogP contribution in [0.1, 0.15) is 19.8 Å². The molecule has 0 amide bonds. The Bertz CT molecular complexity index is 377. The molecule has 0 unspecified atom stereocenters. The molecule has 92 valence electrons. The topological polar surface area (TPSA) is 30.0 Å². The van der Waals surface area contributed by atoms with Gasteiger partial charge in [0.05, 0.1) is 4.08 Å². The number of aromatic nitrogens is 1. The van der Waals surface area contributed by atoms with Crippen molar-refractivity contribution in [1.29, 1.82) is 0 Å². The van der Waals surface area contributed by atoms with Crippen LogP contribution in [0.2, 0.25) is 0 Å². The number of hydrogen-bond donors (Lipinski definition) is 0. The van der Waals surface area contributed by atoms with E-state index in [-0.39, 0.29) is 9.19 Å². The van der Waals surface area contributed by atoms with Crippen molar-refractivity contribution in [3.8, 4) is 0 Å². The highest BCUT2D eigenvalue weighted by molar-refractivity contribution is 8.21. The average molecular weight is 285 g/mol. The molecule has 0 bridgehead atoms. The molecule has 1 aromatic heterocycles. The first kappa shape index (κ1) is 13.3. The molecule has 0 aliphatic carbocycles. The Labute approximate surface area is 115 Å². The summed E-state index contributed by atoms with van der Waals surface area (Å²) in [5.74, 6) is 2.42. The molecule has 1 fully saturated rings. The van der Waals surface area contributed by atoms with Crippen LogP contribution in [0.15, 0.2) is 29.4 Å². The van der Waals surface area contributed by atoms with Crippen LogP contribution in [0.4, 0.5) is 0 Å². The van der Waals surface area contributed by atoms with E-state index in [1.54, 1.807) is 6.20 Å². The molecule has 1 aliphatic heterocycles. The number of pyridine rings is 1.